The summed E-state index contributed by atoms with van der Waals surface area (Å²) in [5, 5.41) is 1.87. The number of para-hydroxylation sites is 1. The van der Waals surface area contributed by atoms with Crippen molar-refractivity contribution in [1.82, 2.24) is 4.90 Å². The first-order valence-electron chi connectivity index (χ1n) is 9.82. The SMILES string of the molecule is CC(C)(C)N1C(=O)[C@H]2[C@H](C1=O)[C@H](C(=O)c1cccs1)N1c3ccccc3C=C[C@H]21. The number of nitrogens with zero attached hydrogens (tertiary/aromatic N) is 2. The number of Topliss-reactive ketones (excluding diaryl/α,β-unsaturated/α-hetero) is 1. The Morgan fingerprint density at radius 2 is 1.72 bits per heavy atom. The maximum atomic E-state index is 13.6. The van der Waals surface area contributed by atoms with Crippen LogP contribution in [0.3, 0.4) is 0 Å². The molecule has 29 heavy (non-hydrogen) atoms. The minimum atomic E-state index is -0.682. The number of ketones is 1. The summed E-state index contributed by atoms with van der Waals surface area (Å²) in [7, 11) is 0. The second-order valence-electron chi connectivity index (χ2n) is 8.84. The van der Waals surface area contributed by atoms with Crippen molar-refractivity contribution in [2.24, 2.45) is 11.8 Å². The van der Waals surface area contributed by atoms with E-state index in [1.807, 2.05) is 73.5 Å². The van der Waals surface area contributed by atoms with Gasteiger partial charge in [0.15, 0.2) is 5.78 Å². The number of imide groups is 1. The van der Waals surface area contributed by atoms with Gasteiger partial charge in [0.05, 0.1) is 22.8 Å². The van der Waals surface area contributed by atoms with Gasteiger partial charge in [0.1, 0.15) is 6.04 Å². The monoisotopic (exact) mass is 406 g/mol. The zero-order valence-corrected chi connectivity index (χ0v) is 17.3. The Morgan fingerprint density at radius 3 is 2.41 bits per heavy atom. The summed E-state index contributed by atoms with van der Waals surface area (Å²) < 4.78 is 0. The molecule has 6 heteroatoms. The molecule has 4 atom stereocenters. The molecule has 1 aromatic heterocycles. The lowest BCUT2D eigenvalue weighted by Gasteiger charge is -2.38. The topological polar surface area (TPSA) is 57.7 Å². The van der Waals surface area contributed by atoms with Crippen molar-refractivity contribution in [3.8, 4) is 0 Å². The van der Waals surface area contributed by atoms with Crippen molar-refractivity contribution in [2.75, 3.05) is 4.90 Å². The summed E-state index contributed by atoms with van der Waals surface area (Å²) in [6.07, 6.45) is 3.99. The first-order valence-corrected chi connectivity index (χ1v) is 10.7. The van der Waals surface area contributed by atoms with E-state index in [1.165, 1.54) is 16.2 Å². The van der Waals surface area contributed by atoms with Gasteiger partial charge in [-0.1, -0.05) is 36.4 Å². The summed E-state index contributed by atoms with van der Waals surface area (Å²) in [6, 6.07) is 10.5. The van der Waals surface area contributed by atoms with Crippen molar-refractivity contribution >= 4 is 40.7 Å². The second-order valence-corrected chi connectivity index (χ2v) is 9.78. The van der Waals surface area contributed by atoms with Gasteiger partial charge in [-0.05, 0) is 43.8 Å². The number of amides is 2. The van der Waals surface area contributed by atoms with E-state index >= 15 is 0 Å². The van der Waals surface area contributed by atoms with E-state index in [0.717, 1.165) is 11.3 Å². The standard InChI is InChI=1S/C23H22N2O3S/c1-23(2,3)25-21(27)17-15-11-10-13-7-4-5-8-14(13)24(15)19(18(17)22(25)28)20(26)16-9-6-12-29-16/h4-12,15,17-19H,1-3H3/t15-,17-,18+,19-/m1/s1. The molecule has 0 aliphatic carbocycles. The van der Waals surface area contributed by atoms with E-state index < -0.39 is 23.4 Å². The number of carbonyl (C=O) groups is 3. The molecule has 5 nitrogen and oxygen atoms in total. The lowest BCUT2D eigenvalue weighted by molar-refractivity contribution is -0.145. The Balaban J connectivity index is 1.68. The minimum absolute atomic E-state index is 0.0838. The molecule has 1 aromatic carbocycles. The lowest BCUT2D eigenvalue weighted by atomic mass is 9.87. The minimum Gasteiger partial charge on any atom is -0.352 e. The van der Waals surface area contributed by atoms with Gasteiger partial charge in [0, 0.05) is 11.2 Å². The second kappa shape index (κ2) is 6.13. The summed E-state index contributed by atoms with van der Waals surface area (Å²) in [5.74, 6) is -1.70. The van der Waals surface area contributed by atoms with Crippen LogP contribution in [0.15, 0.2) is 47.9 Å². The molecule has 2 fully saturated rings. The largest absolute Gasteiger partial charge is 0.352 e. The first-order chi connectivity index (χ1) is 13.8. The molecule has 2 saturated heterocycles. The molecule has 2 aromatic rings. The van der Waals surface area contributed by atoms with E-state index in [-0.39, 0.29) is 23.6 Å². The molecule has 148 valence electrons. The van der Waals surface area contributed by atoms with Crippen molar-refractivity contribution in [2.45, 2.75) is 38.4 Å². The number of hydrogen-bond acceptors (Lipinski definition) is 5. The maximum absolute atomic E-state index is 13.6. The number of hydrogen-bond donors (Lipinski definition) is 0. The molecule has 0 radical (unpaired) electrons. The molecular weight excluding hydrogens is 384 g/mol. The summed E-state index contributed by atoms with van der Waals surface area (Å²) >= 11 is 1.38. The fourth-order valence-corrected chi connectivity index (χ4v) is 5.74. The van der Waals surface area contributed by atoms with E-state index in [1.54, 1.807) is 6.07 Å². The van der Waals surface area contributed by atoms with Crippen LogP contribution < -0.4 is 4.90 Å². The summed E-state index contributed by atoms with van der Waals surface area (Å²) in [5.41, 5.74) is 1.29. The van der Waals surface area contributed by atoms with Crippen LogP contribution in [0.2, 0.25) is 0 Å². The molecule has 3 aliphatic heterocycles. The first kappa shape index (κ1) is 18.3. The number of anilines is 1. The zero-order chi connectivity index (χ0) is 20.5. The predicted molar refractivity (Wildman–Crippen MR) is 113 cm³/mol. The number of thiophene rings is 1. The molecule has 0 spiro atoms. The van der Waals surface area contributed by atoms with E-state index in [9.17, 15) is 14.4 Å². The highest BCUT2D eigenvalue weighted by molar-refractivity contribution is 7.12. The summed E-state index contributed by atoms with van der Waals surface area (Å²) in [4.78, 5) is 44.5. The number of carbonyl (C=O) groups excluding carboxylic acids is 3. The predicted octanol–water partition coefficient (Wildman–Crippen LogP) is 3.61. The Labute approximate surface area is 173 Å². The highest BCUT2D eigenvalue weighted by Gasteiger charge is 2.65. The smallest absolute Gasteiger partial charge is 0.236 e. The van der Waals surface area contributed by atoms with Crippen molar-refractivity contribution in [3.63, 3.8) is 0 Å². The Bertz CT molecular complexity index is 1050. The highest BCUT2D eigenvalue weighted by atomic mass is 32.1. The number of likely N-dealkylation sites (tertiary alicyclic amines) is 1. The van der Waals surface area contributed by atoms with Crippen LogP contribution in [0.5, 0.6) is 0 Å². The molecule has 2 amide bonds. The van der Waals surface area contributed by atoms with E-state index in [0.29, 0.717) is 4.88 Å². The van der Waals surface area contributed by atoms with Gasteiger partial charge in [-0.25, -0.2) is 0 Å². The van der Waals surface area contributed by atoms with Gasteiger partial charge < -0.3 is 4.90 Å². The average Bonchev–Trinajstić information content (AvgIpc) is 3.37. The number of fused-ring (bicyclic) bond motifs is 5. The van der Waals surface area contributed by atoms with Gasteiger partial charge in [-0.2, -0.15) is 0 Å². The van der Waals surface area contributed by atoms with Crippen LogP contribution in [-0.2, 0) is 9.59 Å². The molecular formula is C23H22N2O3S. The Morgan fingerprint density at radius 1 is 1.00 bits per heavy atom. The van der Waals surface area contributed by atoms with Crippen LogP contribution in [-0.4, -0.2) is 40.1 Å². The van der Waals surface area contributed by atoms with Gasteiger partial charge in [0.25, 0.3) is 0 Å². The van der Waals surface area contributed by atoms with Crippen molar-refractivity contribution in [3.05, 3.63) is 58.3 Å². The maximum Gasteiger partial charge on any atom is 0.236 e. The third-order valence-electron chi connectivity index (χ3n) is 6.12. The lowest BCUT2D eigenvalue weighted by Crippen LogP contribution is -2.52. The highest BCUT2D eigenvalue weighted by Crippen LogP contribution is 2.50. The van der Waals surface area contributed by atoms with E-state index in [4.69, 9.17) is 0 Å². The van der Waals surface area contributed by atoms with Crippen LogP contribution in [0.25, 0.3) is 6.08 Å². The molecule has 0 unspecified atom stereocenters. The van der Waals surface area contributed by atoms with Crippen LogP contribution >= 0.6 is 11.3 Å². The fraction of sp³-hybridized carbons (Fsp3) is 0.348. The normalized spacial score (nSPS) is 27.8. The van der Waals surface area contributed by atoms with E-state index in [2.05, 4.69) is 0 Å². The third kappa shape index (κ3) is 2.48. The van der Waals surface area contributed by atoms with Crippen molar-refractivity contribution < 1.29 is 14.4 Å². The zero-order valence-electron chi connectivity index (χ0n) is 16.5. The van der Waals surface area contributed by atoms with Crippen LogP contribution in [0.4, 0.5) is 5.69 Å². The fourth-order valence-electron chi connectivity index (χ4n) is 5.04. The summed E-state index contributed by atoms with van der Waals surface area (Å²) in [6.45, 7) is 5.59. The molecule has 3 aliphatic rings. The van der Waals surface area contributed by atoms with Gasteiger partial charge in [-0.15, -0.1) is 11.3 Å². The van der Waals surface area contributed by atoms with Crippen LogP contribution in [0, 0.1) is 11.8 Å². The van der Waals surface area contributed by atoms with Gasteiger partial charge >= 0.3 is 0 Å². The third-order valence-corrected chi connectivity index (χ3v) is 7.00. The quantitative estimate of drug-likeness (QED) is 0.565. The molecule has 0 bridgehead atoms. The number of benzene rings is 1. The average molecular weight is 407 g/mol. The molecule has 5 rings (SSSR count). The molecule has 4 heterocycles. The van der Waals surface area contributed by atoms with Gasteiger partial charge in [0.2, 0.25) is 11.8 Å². The van der Waals surface area contributed by atoms with Crippen LogP contribution in [0.1, 0.15) is 36.0 Å². The van der Waals surface area contributed by atoms with Gasteiger partial charge in [-0.3, -0.25) is 19.3 Å². The number of rotatable bonds is 2. The Hall–Kier alpha value is -2.73. The molecule has 0 saturated carbocycles. The molecule has 0 N–H and O–H groups in total. The van der Waals surface area contributed by atoms with Crippen molar-refractivity contribution in [1.29, 1.82) is 0 Å². The Kier molecular flexibility index (Phi) is 3.87.